The first kappa shape index (κ1) is 33.3. The molecule has 1 saturated carbocycles. The molecular formula is C37H49N7O5. The van der Waals surface area contributed by atoms with Crippen molar-refractivity contribution in [1.82, 2.24) is 19.8 Å². The average molecular weight is 672 g/mol. The Bertz CT molecular complexity index is 1540. The van der Waals surface area contributed by atoms with Crippen LogP contribution in [0.15, 0.2) is 30.3 Å². The van der Waals surface area contributed by atoms with Gasteiger partial charge in [0.15, 0.2) is 0 Å². The molecule has 5 fully saturated rings. The molecular weight excluding hydrogens is 622 g/mol. The van der Waals surface area contributed by atoms with Gasteiger partial charge in [-0.3, -0.25) is 19.2 Å². The number of piperazine rings is 1. The van der Waals surface area contributed by atoms with Gasteiger partial charge in [-0.15, -0.1) is 0 Å². The van der Waals surface area contributed by atoms with E-state index in [2.05, 4.69) is 14.7 Å². The van der Waals surface area contributed by atoms with E-state index in [1.165, 1.54) is 0 Å². The topological polar surface area (TPSA) is 119 Å². The van der Waals surface area contributed by atoms with Crippen molar-refractivity contribution in [2.75, 3.05) is 80.2 Å². The molecule has 5 aliphatic rings. The smallest absolute Gasteiger partial charge is 0.321 e. The van der Waals surface area contributed by atoms with E-state index < -0.39 is 17.4 Å². The van der Waals surface area contributed by atoms with E-state index in [-0.39, 0.29) is 24.2 Å². The number of ether oxygens (including phenoxy) is 1. The summed E-state index contributed by atoms with van der Waals surface area (Å²) in [4.78, 5) is 75.8. The number of amides is 2. The molecule has 1 aromatic carbocycles. The van der Waals surface area contributed by atoms with E-state index in [1.54, 1.807) is 11.8 Å². The fraction of sp³-hybridized carbons (Fsp3) is 0.622. The molecule has 2 aromatic rings. The van der Waals surface area contributed by atoms with Crippen molar-refractivity contribution in [3.05, 3.63) is 41.5 Å². The van der Waals surface area contributed by atoms with Crippen molar-refractivity contribution < 1.29 is 23.9 Å². The molecule has 0 N–H and O–H groups in total. The van der Waals surface area contributed by atoms with E-state index in [0.717, 1.165) is 71.1 Å². The third-order valence-electron chi connectivity index (χ3n) is 11.1. The largest absolute Gasteiger partial charge is 0.465 e. The summed E-state index contributed by atoms with van der Waals surface area (Å²) in [6.07, 6.45) is 8.15. The summed E-state index contributed by atoms with van der Waals surface area (Å²) in [6, 6.07) is 8.78. The number of hydrogen-bond acceptors (Lipinski definition) is 10. The van der Waals surface area contributed by atoms with E-state index in [4.69, 9.17) is 14.7 Å². The standard InChI is InChI=1S/C37H49N7O5/c1-2-49-35(48)37(16-6-7-17-37)34(47)44-22-12-15-28(44)33(46)42-25-23-41(24-26-42)32-29(30(45)27-13-4-3-5-14-27)31(40-18-8-9-19-40)38-36(39-32)43-20-10-11-21-43/h3-5,13-14,28H,2,6-12,15-26H2,1H3. The molecule has 4 saturated heterocycles. The van der Waals surface area contributed by atoms with Gasteiger partial charge >= 0.3 is 5.97 Å². The van der Waals surface area contributed by atoms with E-state index in [0.29, 0.717) is 80.7 Å². The van der Waals surface area contributed by atoms with Crippen molar-refractivity contribution >= 4 is 41.2 Å². The Morgan fingerprint density at radius 2 is 1.33 bits per heavy atom. The number of nitrogens with zero attached hydrogens (tertiary/aromatic N) is 7. The second-order valence-electron chi connectivity index (χ2n) is 14.1. The van der Waals surface area contributed by atoms with E-state index in [9.17, 15) is 19.2 Å². The summed E-state index contributed by atoms with van der Waals surface area (Å²) in [5, 5.41) is 0. The van der Waals surface area contributed by atoms with Crippen LogP contribution in [0.3, 0.4) is 0 Å². The Hall–Kier alpha value is -4.22. The van der Waals surface area contributed by atoms with Crippen LogP contribution in [-0.2, 0) is 19.1 Å². The van der Waals surface area contributed by atoms with Crippen LogP contribution in [0.5, 0.6) is 0 Å². The molecule has 2 amide bonds. The van der Waals surface area contributed by atoms with Crippen LogP contribution in [0.25, 0.3) is 0 Å². The summed E-state index contributed by atoms with van der Waals surface area (Å²) >= 11 is 0. The first-order valence-electron chi connectivity index (χ1n) is 18.4. The molecule has 7 rings (SSSR count). The molecule has 1 aromatic heterocycles. The summed E-state index contributed by atoms with van der Waals surface area (Å²) in [5.74, 6) is 1.16. The van der Waals surface area contributed by atoms with Gasteiger partial charge < -0.3 is 29.2 Å². The monoisotopic (exact) mass is 671 g/mol. The fourth-order valence-corrected chi connectivity index (χ4v) is 8.45. The maximum atomic E-state index is 14.3. The number of carbonyl (C=O) groups is 4. The zero-order valence-corrected chi connectivity index (χ0v) is 28.8. The van der Waals surface area contributed by atoms with Crippen molar-refractivity contribution in [1.29, 1.82) is 0 Å². The highest BCUT2D eigenvalue weighted by Gasteiger charge is 2.54. The Balaban J connectivity index is 1.14. The van der Waals surface area contributed by atoms with Gasteiger partial charge in [0.1, 0.15) is 28.7 Å². The van der Waals surface area contributed by atoms with Crippen LogP contribution >= 0.6 is 0 Å². The number of likely N-dealkylation sites (tertiary alicyclic amines) is 1. The van der Waals surface area contributed by atoms with Crippen LogP contribution in [0.2, 0.25) is 0 Å². The number of rotatable bonds is 9. The second-order valence-corrected chi connectivity index (χ2v) is 14.1. The first-order chi connectivity index (χ1) is 23.9. The normalized spacial score (nSPS) is 22.2. The Morgan fingerprint density at radius 3 is 1.94 bits per heavy atom. The third-order valence-corrected chi connectivity index (χ3v) is 11.1. The molecule has 49 heavy (non-hydrogen) atoms. The summed E-state index contributed by atoms with van der Waals surface area (Å²) < 4.78 is 5.38. The zero-order chi connectivity index (χ0) is 34.0. The molecule has 5 heterocycles. The third kappa shape index (κ3) is 6.34. The van der Waals surface area contributed by atoms with Crippen LogP contribution in [0, 0.1) is 5.41 Å². The molecule has 12 heteroatoms. The first-order valence-corrected chi connectivity index (χ1v) is 18.4. The predicted molar refractivity (Wildman–Crippen MR) is 186 cm³/mol. The Labute approximate surface area is 288 Å². The highest BCUT2D eigenvalue weighted by atomic mass is 16.5. The van der Waals surface area contributed by atoms with Crippen molar-refractivity contribution in [3.8, 4) is 0 Å². The maximum absolute atomic E-state index is 14.3. The van der Waals surface area contributed by atoms with Crippen molar-refractivity contribution in [2.45, 2.75) is 77.2 Å². The second kappa shape index (κ2) is 14.3. The van der Waals surface area contributed by atoms with E-state index >= 15 is 0 Å². The zero-order valence-electron chi connectivity index (χ0n) is 28.8. The molecule has 0 radical (unpaired) electrons. The summed E-state index contributed by atoms with van der Waals surface area (Å²) in [6.45, 7) is 7.84. The van der Waals surface area contributed by atoms with Crippen molar-refractivity contribution in [2.24, 2.45) is 5.41 Å². The number of aromatic nitrogens is 2. The lowest BCUT2D eigenvalue weighted by molar-refractivity contribution is -0.167. The minimum atomic E-state index is -1.17. The Kier molecular flexibility index (Phi) is 9.73. The lowest BCUT2D eigenvalue weighted by Gasteiger charge is -2.40. The molecule has 1 aliphatic carbocycles. The summed E-state index contributed by atoms with van der Waals surface area (Å²) in [7, 11) is 0. The molecule has 12 nitrogen and oxygen atoms in total. The highest BCUT2D eigenvalue weighted by Crippen LogP contribution is 2.43. The minimum absolute atomic E-state index is 0.0682. The van der Waals surface area contributed by atoms with Crippen LogP contribution < -0.4 is 14.7 Å². The summed E-state index contributed by atoms with van der Waals surface area (Å²) in [5.41, 5.74) is -0.0413. The van der Waals surface area contributed by atoms with Gasteiger partial charge in [-0.2, -0.15) is 9.97 Å². The number of anilines is 3. The lowest BCUT2D eigenvalue weighted by Crippen LogP contribution is -2.57. The average Bonchev–Trinajstić information content (AvgIpc) is 3.99. The SMILES string of the molecule is CCOC(=O)C1(C(=O)N2CCCC2C(=O)N2CCN(c3nc(N4CCCC4)nc(N4CCCC4)c3C(=O)c3ccccc3)CC2)CCCC1. The van der Waals surface area contributed by atoms with Crippen LogP contribution in [0.1, 0.15) is 87.1 Å². The quantitative estimate of drug-likeness (QED) is 0.222. The molecule has 1 atom stereocenters. The fourth-order valence-electron chi connectivity index (χ4n) is 8.45. The molecule has 4 aliphatic heterocycles. The highest BCUT2D eigenvalue weighted by molar-refractivity contribution is 6.15. The molecule has 1 unspecified atom stereocenters. The molecule has 0 bridgehead atoms. The predicted octanol–water partition coefficient (Wildman–Crippen LogP) is 3.67. The lowest BCUT2D eigenvalue weighted by atomic mass is 9.84. The van der Waals surface area contributed by atoms with E-state index in [1.807, 2.05) is 35.2 Å². The molecule has 0 spiro atoms. The van der Waals surface area contributed by atoms with Gasteiger partial charge in [0, 0.05) is 64.5 Å². The number of hydrogen-bond donors (Lipinski definition) is 0. The van der Waals surface area contributed by atoms with Gasteiger partial charge in [-0.05, 0) is 58.3 Å². The number of ketones is 1. The van der Waals surface area contributed by atoms with Crippen LogP contribution in [0.4, 0.5) is 17.6 Å². The van der Waals surface area contributed by atoms with Gasteiger partial charge in [0.2, 0.25) is 23.5 Å². The van der Waals surface area contributed by atoms with Gasteiger partial charge in [0.05, 0.1) is 6.61 Å². The van der Waals surface area contributed by atoms with Gasteiger partial charge in [-0.1, -0.05) is 43.2 Å². The Morgan fingerprint density at radius 1 is 0.735 bits per heavy atom. The van der Waals surface area contributed by atoms with Gasteiger partial charge in [-0.25, -0.2) is 0 Å². The number of carbonyl (C=O) groups excluding carboxylic acids is 4. The van der Waals surface area contributed by atoms with Crippen LogP contribution in [-0.4, -0.2) is 115 Å². The van der Waals surface area contributed by atoms with Gasteiger partial charge in [0.25, 0.3) is 0 Å². The maximum Gasteiger partial charge on any atom is 0.321 e. The van der Waals surface area contributed by atoms with Crippen molar-refractivity contribution in [3.63, 3.8) is 0 Å². The minimum Gasteiger partial charge on any atom is -0.465 e. The number of benzene rings is 1. The number of esters is 1. The molecule has 262 valence electrons.